The fourth-order valence-electron chi connectivity index (χ4n) is 5.34. The molecule has 3 heteroatoms. The van der Waals surface area contributed by atoms with Crippen LogP contribution in [-0.2, 0) is 0 Å². The lowest BCUT2D eigenvalue weighted by atomic mass is 10.0. The Balaban J connectivity index is 1.46. The van der Waals surface area contributed by atoms with Gasteiger partial charge in [-0.3, -0.25) is 4.90 Å². The Hall–Kier alpha value is -5.80. The third-order valence-electron chi connectivity index (χ3n) is 7.48. The molecule has 0 aliphatic heterocycles. The van der Waals surface area contributed by atoms with Gasteiger partial charge < -0.3 is 0 Å². The molecule has 0 fully saturated rings. The molecule has 0 aliphatic carbocycles. The first-order valence-electron chi connectivity index (χ1n) is 14.4. The molecule has 0 unspecified atom stereocenters. The zero-order valence-corrected chi connectivity index (χ0v) is 23.6. The van der Waals surface area contributed by atoms with Crippen molar-refractivity contribution < 1.29 is 0 Å². The Morgan fingerprint density at radius 2 is 0.651 bits per heavy atom. The maximum atomic E-state index is 5.20. The minimum Gasteiger partial charge on any atom is -0.279 e. The molecular weight excluding hydrogens is 522 g/mol. The van der Waals surface area contributed by atoms with E-state index in [0.717, 1.165) is 56.1 Å². The van der Waals surface area contributed by atoms with Crippen LogP contribution in [0.15, 0.2) is 176 Å². The Labute approximate surface area is 252 Å². The van der Waals surface area contributed by atoms with E-state index >= 15 is 0 Å². The van der Waals surface area contributed by atoms with Crippen molar-refractivity contribution in [3.63, 3.8) is 0 Å². The van der Waals surface area contributed by atoms with Gasteiger partial charge in [-0.2, -0.15) is 0 Å². The summed E-state index contributed by atoms with van der Waals surface area (Å²) >= 11 is 0. The molecule has 0 spiro atoms. The molecule has 3 nitrogen and oxygen atoms in total. The standard InChI is InChI=1S/C40H29N3/c1-5-15-30(16-6-1)34-23-13-25-36(27-34)43(37-26-14-24-35(28-37)31-17-7-2-8-18-31)40-41-38(32-19-9-3-10-20-32)29-39(42-40)33-21-11-4-12-22-33/h1-29H. The number of rotatable bonds is 7. The zero-order valence-electron chi connectivity index (χ0n) is 23.6. The van der Waals surface area contributed by atoms with Crippen LogP contribution in [0.5, 0.6) is 0 Å². The van der Waals surface area contributed by atoms with Crippen LogP contribution < -0.4 is 4.90 Å². The summed E-state index contributed by atoms with van der Waals surface area (Å²) in [6.07, 6.45) is 0. The number of hydrogen-bond donors (Lipinski definition) is 0. The lowest BCUT2D eigenvalue weighted by molar-refractivity contribution is 1.09. The van der Waals surface area contributed by atoms with E-state index in [-0.39, 0.29) is 0 Å². The molecule has 0 saturated heterocycles. The molecule has 0 aliphatic rings. The molecule has 1 aromatic heterocycles. The lowest BCUT2D eigenvalue weighted by Crippen LogP contribution is -2.14. The van der Waals surface area contributed by atoms with Gasteiger partial charge in [0, 0.05) is 22.5 Å². The average molecular weight is 552 g/mol. The molecule has 0 N–H and O–H groups in total. The Morgan fingerprint density at radius 3 is 1.05 bits per heavy atom. The molecule has 0 atom stereocenters. The molecule has 204 valence electrons. The van der Waals surface area contributed by atoms with Crippen LogP contribution in [0.3, 0.4) is 0 Å². The highest BCUT2D eigenvalue weighted by molar-refractivity contribution is 5.82. The largest absolute Gasteiger partial charge is 0.279 e. The molecule has 0 saturated carbocycles. The van der Waals surface area contributed by atoms with E-state index < -0.39 is 0 Å². The molecular formula is C40H29N3. The van der Waals surface area contributed by atoms with Crippen LogP contribution >= 0.6 is 0 Å². The summed E-state index contributed by atoms with van der Waals surface area (Å²) < 4.78 is 0. The zero-order chi connectivity index (χ0) is 28.8. The third-order valence-corrected chi connectivity index (χ3v) is 7.48. The Kier molecular flexibility index (Phi) is 7.27. The van der Waals surface area contributed by atoms with E-state index in [2.05, 4.69) is 132 Å². The van der Waals surface area contributed by atoms with Gasteiger partial charge in [0.2, 0.25) is 5.95 Å². The van der Waals surface area contributed by atoms with E-state index in [1.807, 2.05) is 48.5 Å². The van der Waals surface area contributed by atoms with Gasteiger partial charge in [-0.05, 0) is 52.6 Å². The van der Waals surface area contributed by atoms with Crippen molar-refractivity contribution in [2.24, 2.45) is 0 Å². The van der Waals surface area contributed by atoms with Gasteiger partial charge >= 0.3 is 0 Å². The molecule has 0 amide bonds. The topological polar surface area (TPSA) is 29.0 Å². The Morgan fingerprint density at radius 1 is 0.302 bits per heavy atom. The number of nitrogens with zero attached hydrogens (tertiary/aromatic N) is 3. The van der Waals surface area contributed by atoms with E-state index in [4.69, 9.17) is 9.97 Å². The first kappa shape index (κ1) is 26.1. The van der Waals surface area contributed by atoms with Gasteiger partial charge in [-0.1, -0.05) is 146 Å². The van der Waals surface area contributed by atoms with Gasteiger partial charge in [0.1, 0.15) is 0 Å². The summed E-state index contributed by atoms with van der Waals surface area (Å²) in [5, 5.41) is 0. The van der Waals surface area contributed by atoms with Crippen molar-refractivity contribution in [3.05, 3.63) is 176 Å². The minimum absolute atomic E-state index is 0.607. The maximum Gasteiger partial charge on any atom is 0.235 e. The van der Waals surface area contributed by atoms with Crippen LogP contribution in [0.2, 0.25) is 0 Å². The maximum absolute atomic E-state index is 5.20. The van der Waals surface area contributed by atoms with Crippen molar-refractivity contribution in [3.8, 4) is 44.8 Å². The van der Waals surface area contributed by atoms with E-state index in [1.165, 1.54) is 0 Å². The summed E-state index contributed by atoms with van der Waals surface area (Å²) in [6, 6.07) is 60.8. The first-order chi connectivity index (χ1) is 21.3. The second kappa shape index (κ2) is 12.0. The first-order valence-corrected chi connectivity index (χ1v) is 14.4. The van der Waals surface area contributed by atoms with Crippen LogP contribution in [0.25, 0.3) is 44.8 Å². The molecule has 7 rings (SSSR count). The summed E-state index contributed by atoms with van der Waals surface area (Å²) in [4.78, 5) is 12.6. The number of anilines is 3. The molecule has 0 bridgehead atoms. The second-order valence-electron chi connectivity index (χ2n) is 10.3. The van der Waals surface area contributed by atoms with Gasteiger partial charge in [0.05, 0.1) is 11.4 Å². The summed E-state index contributed by atoms with van der Waals surface area (Å²) in [7, 11) is 0. The van der Waals surface area contributed by atoms with E-state index in [9.17, 15) is 0 Å². The lowest BCUT2D eigenvalue weighted by Gasteiger charge is -2.25. The predicted molar refractivity (Wildman–Crippen MR) is 178 cm³/mol. The van der Waals surface area contributed by atoms with Gasteiger partial charge in [-0.15, -0.1) is 0 Å². The van der Waals surface area contributed by atoms with Crippen molar-refractivity contribution >= 4 is 17.3 Å². The monoisotopic (exact) mass is 551 g/mol. The summed E-state index contributed by atoms with van der Waals surface area (Å²) in [5.41, 5.74) is 10.4. The fraction of sp³-hybridized carbons (Fsp3) is 0. The quantitative estimate of drug-likeness (QED) is 0.197. The highest BCUT2D eigenvalue weighted by atomic mass is 15.3. The fourth-order valence-corrected chi connectivity index (χ4v) is 5.34. The number of hydrogen-bond acceptors (Lipinski definition) is 3. The van der Waals surface area contributed by atoms with Crippen LogP contribution in [0, 0.1) is 0 Å². The molecule has 6 aromatic carbocycles. The normalized spacial score (nSPS) is 10.8. The third kappa shape index (κ3) is 5.70. The molecule has 43 heavy (non-hydrogen) atoms. The smallest absolute Gasteiger partial charge is 0.235 e. The van der Waals surface area contributed by atoms with E-state index in [1.54, 1.807) is 0 Å². The summed E-state index contributed by atoms with van der Waals surface area (Å²) in [5.74, 6) is 0.607. The van der Waals surface area contributed by atoms with Gasteiger partial charge in [0.15, 0.2) is 0 Å². The molecule has 7 aromatic rings. The van der Waals surface area contributed by atoms with Gasteiger partial charge in [0.25, 0.3) is 0 Å². The van der Waals surface area contributed by atoms with Crippen molar-refractivity contribution in [2.45, 2.75) is 0 Å². The van der Waals surface area contributed by atoms with Crippen molar-refractivity contribution in [1.29, 1.82) is 0 Å². The van der Waals surface area contributed by atoms with Crippen LogP contribution in [-0.4, -0.2) is 9.97 Å². The molecule has 0 radical (unpaired) electrons. The Bertz CT molecular complexity index is 1810. The molecule has 1 heterocycles. The predicted octanol–water partition coefficient (Wildman–Crippen LogP) is 10.6. The average Bonchev–Trinajstić information content (AvgIpc) is 3.10. The van der Waals surface area contributed by atoms with Crippen LogP contribution in [0.1, 0.15) is 0 Å². The highest BCUT2D eigenvalue weighted by Gasteiger charge is 2.20. The van der Waals surface area contributed by atoms with Crippen molar-refractivity contribution in [1.82, 2.24) is 9.97 Å². The number of benzene rings is 6. The van der Waals surface area contributed by atoms with E-state index in [0.29, 0.717) is 5.95 Å². The highest BCUT2D eigenvalue weighted by Crippen LogP contribution is 2.38. The van der Waals surface area contributed by atoms with Crippen molar-refractivity contribution in [2.75, 3.05) is 4.90 Å². The number of aromatic nitrogens is 2. The van der Waals surface area contributed by atoms with Crippen LogP contribution in [0.4, 0.5) is 17.3 Å². The second-order valence-corrected chi connectivity index (χ2v) is 10.3. The summed E-state index contributed by atoms with van der Waals surface area (Å²) in [6.45, 7) is 0. The SMILES string of the molecule is c1ccc(-c2cccc(N(c3cccc(-c4ccccc4)c3)c3nc(-c4ccccc4)cc(-c4ccccc4)n3)c2)cc1. The van der Waals surface area contributed by atoms with Gasteiger partial charge in [-0.25, -0.2) is 9.97 Å². The minimum atomic E-state index is 0.607.